The Morgan fingerprint density at radius 2 is 2.17 bits per heavy atom. The van der Waals surface area contributed by atoms with Crippen LogP contribution in [0.3, 0.4) is 0 Å². The lowest BCUT2D eigenvalue weighted by molar-refractivity contribution is 0.628. The van der Waals surface area contributed by atoms with Gasteiger partial charge in [0.1, 0.15) is 5.82 Å². The maximum Gasteiger partial charge on any atom is 0.126 e. The molecule has 2 rings (SSSR count). The van der Waals surface area contributed by atoms with E-state index in [9.17, 15) is 4.39 Å². The number of nitrogens with one attached hydrogen (secondary N) is 1. The van der Waals surface area contributed by atoms with Crippen LogP contribution in [-0.2, 0) is 0 Å². The monoisotopic (exact) mass is 348 g/mol. The summed E-state index contributed by atoms with van der Waals surface area (Å²) in [5.74, 6) is -0.367. The summed E-state index contributed by atoms with van der Waals surface area (Å²) in [5, 5.41) is 5.53. The number of hydrogen-bond acceptors (Lipinski definition) is 3. The molecule has 1 atom stereocenters. The zero-order valence-corrected chi connectivity index (χ0v) is 12.4. The molecule has 0 saturated heterocycles. The molecule has 0 bridgehead atoms. The third kappa shape index (κ3) is 3.45. The summed E-state index contributed by atoms with van der Waals surface area (Å²) in [4.78, 5) is 1.09. The van der Waals surface area contributed by atoms with Gasteiger partial charge in [-0.15, -0.1) is 11.3 Å². The second-order valence-electron chi connectivity index (χ2n) is 3.76. The van der Waals surface area contributed by atoms with E-state index in [1.54, 1.807) is 17.4 Å². The predicted octanol–water partition coefficient (Wildman–Crippen LogP) is 4.42. The molecule has 1 heterocycles. The van der Waals surface area contributed by atoms with Crippen LogP contribution in [0.1, 0.15) is 10.9 Å². The molecule has 0 radical (unpaired) electrons. The fourth-order valence-electron chi connectivity index (χ4n) is 1.60. The van der Waals surface area contributed by atoms with Crippen LogP contribution >= 0.6 is 38.9 Å². The zero-order chi connectivity index (χ0) is 13.1. The van der Waals surface area contributed by atoms with Crippen LogP contribution in [0.5, 0.6) is 0 Å². The van der Waals surface area contributed by atoms with E-state index in [1.807, 2.05) is 11.4 Å². The van der Waals surface area contributed by atoms with E-state index in [4.69, 9.17) is 17.3 Å². The summed E-state index contributed by atoms with van der Waals surface area (Å²) in [6.45, 7) is 0.418. The van der Waals surface area contributed by atoms with Gasteiger partial charge in [0.05, 0.1) is 6.04 Å². The Labute approximate surface area is 122 Å². The summed E-state index contributed by atoms with van der Waals surface area (Å²) in [7, 11) is 0. The fourth-order valence-corrected chi connectivity index (χ4v) is 3.33. The normalized spacial score (nSPS) is 12.4. The van der Waals surface area contributed by atoms with E-state index in [2.05, 4.69) is 21.2 Å². The Balaban J connectivity index is 2.20. The van der Waals surface area contributed by atoms with Crippen molar-refractivity contribution in [2.45, 2.75) is 6.04 Å². The van der Waals surface area contributed by atoms with Crippen molar-refractivity contribution in [2.24, 2.45) is 5.73 Å². The van der Waals surface area contributed by atoms with Gasteiger partial charge >= 0.3 is 0 Å². The van der Waals surface area contributed by atoms with Crippen molar-refractivity contribution in [3.8, 4) is 0 Å². The molecule has 1 aromatic heterocycles. The molecule has 3 N–H and O–H groups in total. The summed E-state index contributed by atoms with van der Waals surface area (Å²) < 4.78 is 14.2. The van der Waals surface area contributed by atoms with Crippen LogP contribution < -0.4 is 11.1 Å². The third-order valence-electron chi connectivity index (χ3n) is 2.37. The van der Waals surface area contributed by atoms with Crippen LogP contribution in [0.4, 0.5) is 10.1 Å². The molecule has 0 aliphatic heterocycles. The first-order chi connectivity index (χ1) is 8.58. The molecule has 0 fully saturated rings. The van der Waals surface area contributed by atoms with Crippen LogP contribution in [0.15, 0.2) is 34.1 Å². The molecule has 18 heavy (non-hydrogen) atoms. The number of hydrogen-bond donors (Lipinski definition) is 2. The van der Waals surface area contributed by atoms with Gasteiger partial charge in [-0.05, 0) is 40.2 Å². The van der Waals surface area contributed by atoms with Crippen LogP contribution in [0.25, 0.3) is 0 Å². The van der Waals surface area contributed by atoms with Crippen molar-refractivity contribution in [3.05, 3.63) is 49.8 Å². The third-order valence-corrected chi connectivity index (χ3v) is 4.40. The highest BCUT2D eigenvalue weighted by molar-refractivity contribution is 9.10. The SMILES string of the molecule is NCC(Nc1cc(F)cc(Cl)c1)c1cc(Br)cs1. The predicted molar refractivity (Wildman–Crippen MR) is 78.8 cm³/mol. The molecular formula is C12H11BrClFN2S. The Morgan fingerprint density at radius 1 is 1.39 bits per heavy atom. The summed E-state index contributed by atoms with van der Waals surface area (Å²) >= 11 is 10.8. The second kappa shape index (κ2) is 6.02. The quantitative estimate of drug-likeness (QED) is 0.858. The first kappa shape index (κ1) is 13.8. The molecule has 2 nitrogen and oxygen atoms in total. The van der Waals surface area contributed by atoms with Gasteiger partial charge in [-0.1, -0.05) is 11.6 Å². The van der Waals surface area contributed by atoms with Crippen molar-refractivity contribution in [1.82, 2.24) is 0 Å². The smallest absolute Gasteiger partial charge is 0.126 e. The van der Waals surface area contributed by atoms with Crippen molar-refractivity contribution in [3.63, 3.8) is 0 Å². The van der Waals surface area contributed by atoms with E-state index in [1.165, 1.54) is 12.1 Å². The minimum Gasteiger partial charge on any atom is -0.376 e. The first-order valence-corrected chi connectivity index (χ1v) is 7.30. The van der Waals surface area contributed by atoms with Crippen LogP contribution in [-0.4, -0.2) is 6.54 Å². The Hall–Kier alpha value is -0.620. The average Bonchev–Trinajstić information content (AvgIpc) is 2.71. The number of benzene rings is 1. The molecule has 0 spiro atoms. The molecule has 6 heteroatoms. The highest BCUT2D eigenvalue weighted by atomic mass is 79.9. The van der Waals surface area contributed by atoms with Crippen molar-refractivity contribution < 1.29 is 4.39 Å². The summed E-state index contributed by atoms with van der Waals surface area (Å²) in [6.07, 6.45) is 0. The molecule has 96 valence electrons. The minimum atomic E-state index is -0.367. The number of anilines is 1. The molecule has 0 amide bonds. The largest absolute Gasteiger partial charge is 0.376 e. The molecule has 0 saturated carbocycles. The highest BCUT2D eigenvalue weighted by Gasteiger charge is 2.12. The number of halogens is 3. The molecular weight excluding hydrogens is 339 g/mol. The van der Waals surface area contributed by atoms with Crippen LogP contribution in [0.2, 0.25) is 5.02 Å². The van der Waals surface area contributed by atoms with Gasteiger partial charge in [0.25, 0.3) is 0 Å². The lowest BCUT2D eigenvalue weighted by Gasteiger charge is -2.17. The standard InChI is InChI=1S/C12H11BrClFN2S/c13-7-1-12(18-6-7)11(5-16)17-10-3-8(14)2-9(15)4-10/h1-4,6,11,17H,5,16H2. The van der Waals surface area contributed by atoms with Gasteiger partial charge < -0.3 is 11.1 Å². The minimum absolute atomic E-state index is 0.0563. The van der Waals surface area contributed by atoms with E-state index < -0.39 is 0 Å². The van der Waals surface area contributed by atoms with Crippen molar-refractivity contribution in [1.29, 1.82) is 0 Å². The topological polar surface area (TPSA) is 38.0 Å². The lowest BCUT2D eigenvalue weighted by atomic mass is 10.2. The maximum absolute atomic E-state index is 13.2. The van der Waals surface area contributed by atoms with Crippen LogP contribution in [0, 0.1) is 5.82 Å². The van der Waals surface area contributed by atoms with E-state index in [-0.39, 0.29) is 11.9 Å². The fraction of sp³-hybridized carbons (Fsp3) is 0.167. The number of thiophene rings is 1. The van der Waals surface area contributed by atoms with Gasteiger partial charge in [-0.3, -0.25) is 0 Å². The second-order valence-corrected chi connectivity index (χ2v) is 6.05. The Kier molecular flexibility index (Phi) is 4.61. The molecule has 1 aromatic carbocycles. The lowest BCUT2D eigenvalue weighted by Crippen LogP contribution is -2.19. The Morgan fingerprint density at radius 3 is 2.72 bits per heavy atom. The van der Waals surface area contributed by atoms with Crippen molar-refractivity contribution in [2.75, 3.05) is 11.9 Å². The van der Waals surface area contributed by atoms with Crippen molar-refractivity contribution >= 4 is 44.6 Å². The number of nitrogens with two attached hydrogens (primary N) is 1. The number of rotatable bonds is 4. The van der Waals surface area contributed by atoms with Gasteiger partial charge in [-0.25, -0.2) is 4.39 Å². The van der Waals surface area contributed by atoms with Gasteiger partial charge in [0, 0.05) is 32.0 Å². The molecule has 2 aromatic rings. The maximum atomic E-state index is 13.2. The summed E-state index contributed by atoms with van der Waals surface area (Å²) in [5.41, 5.74) is 6.37. The molecule has 0 aliphatic carbocycles. The van der Waals surface area contributed by atoms with E-state index in [0.717, 1.165) is 9.35 Å². The Bertz CT molecular complexity index is 526. The first-order valence-electron chi connectivity index (χ1n) is 5.25. The molecule has 0 aliphatic rings. The van der Waals surface area contributed by atoms with E-state index >= 15 is 0 Å². The summed E-state index contributed by atoms with van der Waals surface area (Å²) in [6, 6.07) is 6.29. The van der Waals surface area contributed by atoms with E-state index in [0.29, 0.717) is 17.3 Å². The highest BCUT2D eigenvalue weighted by Crippen LogP contribution is 2.28. The average molecular weight is 350 g/mol. The van der Waals surface area contributed by atoms with Gasteiger partial charge in [0.15, 0.2) is 0 Å². The zero-order valence-electron chi connectivity index (χ0n) is 9.29. The van der Waals surface area contributed by atoms with Gasteiger partial charge in [-0.2, -0.15) is 0 Å². The molecule has 1 unspecified atom stereocenters. The van der Waals surface area contributed by atoms with Gasteiger partial charge in [0.2, 0.25) is 0 Å².